The maximum absolute atomic E-state index is 12.5. The summed E-state index contributed by atoms with van der Waals surface area (Å²) in [7, 11) is 0. The van der Waals surface area contributed by atoms with E-state index in [1.165, 1.54) is 18.2 Å². The molecule has 0 aliphatic rings. The molecule has 0 spiro atoms. The molecule has 0 radical (unpaired) electrons. The molecule has 0 fully saturated rings. The lowest BCUT2D eigenvalue weighted by Crippen LogP contribution is -2.01. The first-order valence-corrected chi connectivity index (χ1v) is 8.66. The number of phenolic OH excluding ortho intramolecular Hbond substituents is 1. The molecule has 0 amide bonds. The minimum atomic E-state index is -0.218. The quantitative estimate of drug-likeness (QED) is 0.530. The van der Waals surface area contributed by atoms with Crippen molar-refractivity contribution in [3.63, 3.8) is 0 Å². The fourth-order valence-corrected chi connectivity index (χ4v) is 2.43. The highest BCUT2D eigenvalue weighted by Gasteiger charge is 2.11. The van der Waals surface area contributed by atoms with Gasteiger partial charge in [-0.2, -0.15) is 0 Å². The SMILES string of the molecule is CCOc1ccc(C=CC(=O)c2ccc(O)cc2OCC)c(OCC)c1. The third kappa shape index (κ3) is 5.02. The van der Waals surface area contributed by atoms with Gasteiger partial charge in [-0.1, -0.05) is 0 Å². The summed E-state index contributed by atoms with van der Waals surface area (Å²) in [4.78, 5) is 12.5. The molecule has 5 nitrogen and oxygen atoms in total. The van der Waals surface area contributed by atoms with Gasteiger partial charge >= 0.3 is 0 Å². The third-order valence-corrected chi connectivity index (χ3v) is 3.54. The zero-order valence-corrected chi connectivity index (χ0v) is 15.3. The van der Waals surface area contributed by atoms with Crippen LogP contribution in [0.2, 0.25) is 0 Å². The van der Waals surface area contributed by atoms with Crippen LogP contribution in [0, 0.1) is 0 Å². The maximum Gasteiger partial charge on any atom is 0.189 e. The number of ether oxygens (including phenoxy) is 3. The highest BCUT2D eigenvalue weighted by Crippen LogP contribution is 2.28. The Bertz CT molecular complexity index is 780. The molecule has 0 aliphatic heterocycles. The predicted octanol–water partition coefficient (Wildman–Crippen LogP) is 4.48. The average molecular weight is 356 g/mol. The van der Waals surface area contributed by atoms with Gasteiger partial charge in [-0.15, -0.1) is 0 Å². The smallest absolute Gasteiger partial charge is 0.189 e. The Hall–Kier alpha value is -2.95. The molecule has 0 saturated heterocycles. The van der Waals surface area contributed by atoms with E-state index in [2.05, 4.69) is 0 Å². The summed E-state index contributed by atoms with van der Waals surface area (Å²) < 4.78 is 16.6. The number of hydrogen-bond acceptors (Lipinski definition) is 5. The monoisotopic (exact) mass is 356 g/mol. The third-order valence-electron chi connectivity index (χ3n) is 3.54. The van der Waals surface area contributed by atoms with Crippen molar-refractivity contribution in [1.82, 2.24) is 0 Å². The van der Waals surface area contributed by atoms with Gasteiger partial charge in [0.1, 0.15) is 23.0 Å². The number of carbonyl (C=O) groups is 1. The van der Waals surface area contributed by atoms with Crippen LogP contribution in [0.3, 0.4) is 0 Å². The van der Waals surface area contributed by atoms with Crippen LogP contribution in [0.1, 0.15) is 36.7 Å². The summed E-state index contributed by atoms with van der Waals surface area (Å²) >= 11 is 0. The number of carbonyl (C=O) groups excluding carboxylic acids is 1. The van der Waals surface area contributed by atoms with Gasteiger partial charge in [0.05, 0.1) is 25.4 Å². The number of phenols is 1. The van der Waals surface area contributed by atoms with Crippen LogP contribution in [-0.2, 0) is 0 Å². The molecule has 26 heavy (non-hydrogen) atoms. The van der Waals surface area contributed by atoms with Crippen LogP contribution in [-0.4, -0.2) is 30.7 Å². The zero-order chi connectivity index (χ0) is 18.9. The highest BCUT2D eigenvalue weighted by molar-refractivity contribution is 6.08. The molecule has 5 heteroatoms. The van der Waals surface area contributed by atoms with E-state index in [0.29, 0.717) is 36.9 Å². The largest absolute Gasteiger partial charge is 0.508 e. The minimum absolute atomic E-state index is 0.0547. The Morgan fingerprint density at radius 1 is 0.923 bits per heavy atom. The molecule has 2 aromatic carbocycles. The second-order valence-corrected chi connectivity index (χ2v) is 5.38. The van der Waals surface area contributed by atoms with Crippen molar-refractivity contribution in [2.45, 2.75) is 20.8 Å². The summed E-state index contributed by atoms with van der Waals surface area (Å²) in [5.41, 5.74) is 1.17. The normalized spacial score (nSPS) is 10.7. The van der Waals surface area contributed by atoms with E-state index < -0.39 is 0 Å². The molecule has 0 bridgehead atoms. The molecule has 0 atom stereocenters. The molecule has 2 rings (SSSR count). The van der Waals surface area contributed by atoms with Gasteiger partial charge in [0.15, 0.2) is 5.78 Å². The lowest BCUT2D eigenvalue weighted by Gasteiger charge is -2.10. The minimum Gasteiger partial charge on any atom is -0.508 e. The van der Waals surface area contributed by atoms with Crippen LogP contribution < -0.4 is 14.2 Å². The number of rotatable bonds is 9. The van der Waals surface area contributed by atoms with Crippen molar-refractivity contribution in [3.8, 4) is 23.0 Å². The molecule has 2 aromatic rings. The van der Waals surface area contributed by atoms with Gasteiger partial charge in [0, 0.05) is 17.7 Å². The first-order chi connectivity index (χ1) is 12.6. The molecule has 0 aliphatic carbocycles. The molecule has 138 valence electrons. The van der Waals surface area contributed by atoms with Gasteiger partial charge < -0.3 is 19.3 Å². The van der Waals surface area contributed by atoms with Crippen molar-refractivity contribution >= 4 is 11.9 Å². The molecule has 0 saturated carbocycles. The Balaban J connectivity index is 2.27. The van der Waals surface area contributed by atoms with Crippen molar-refractivity contribution in [2.24, 2.45) is 0 Å². The van der Waals surface area contributed by atoms with Gasteiger partial charge in [-0.05, 0) is 57.2 Å². The standard InChI is InChI=1S/C21H24O5/c1-4-24-17-10-7-15(20(14-17)25-5-2)8-12-19(23)18-11-9-16(22)13-21(18)26-6-3/h7-14,22H,4-6H2,1-3H3. The number of allylic oxidation sites excluding steroid dienone is 1. The fraction of sp³-hybridized carbons (Fsp3) is 0.286. The molecular formula is C21H24O5. The molecule has 0 heterocycles. The van der Waals surface area contributed by atoms with E-state index in [-0.39, 0.29) is 11.5 Å². The first kappa shape index (κ1) is 19.4. The highest BCUT2D eigenvalue weighted by atomic mass is 16.5. The molecule has 0 unspecified atom stereocenters. The molecule has 1 N–H and O–H groups in total. The number of benzene rings is 2. The van der Waals surface area contributed by atoms with Crippen molar-refractivity contribution in [1.29, 1.82) is 0 Å². The summed E-state index contributed by atoms with van der Waals surface area (Å²) in [5.74, 6) is 1.57. The summed E-state index contributed by atoms with van der Waals surface area (Å²) in [5, 5.41) is 9.58. The van der Waals surface area contributed by atoms with Gasteiger partial charge in [-0.3, -0.25) is 4.79 Å². The summed E-state index contributed by atoms with van der Waals surface area (Å²) in [6.07, 6.45) is 3.17. The maximum atomic E-state index is 12.5. The summed E-state index contributed by atoms with van der Waals surface area (Å²) in [6, 6.07) is 9.94. The molecule has 0 aromatic heterocycles. The van der Waals surface area contributed by atoms with Crippen molar-refractivity contribution in [2.75, 3.05) is 19.8 Å². The van der Waals surface area contributed by atoms with E-state index >= 15 is 0 Å². The lowest BCUT2D eigenvalue weighted by atomic mass is 10.1. The van der Waals surface area contributed by atoms with E-state index in [9.17, 15) is 9.90 Å². The number of ketones is 1. The second-order valence-electron chi connectivity index (χ2n) is 5.38. The fourth-order valence-electron chi connectivity index (χ4n) is 2.43. The van der Waals surface area contributed by atoms with Crippen molar-refractivity contribution < 1.29 is 24.1 Å². The van der Waals surface area contributed by atoms with Crippen LogP contribution in [0.4, 0.5) is 0 Å². The average Bonchev–Trinajstić information content (AvgIpc) is 2.62. The second kappa shape index (κ2) is 9.51. The first-order valence-electron chi connectivity index (χ1n) is 8.66. The number of aromatic hydroxyl groups is 1. The van der Waals surface area contributed by atoms with E-state index in [0.717, 1.165) is 11.3 Å². The lowest BCUT2D eigenvalue weighted by molar-refractivity contribution is 0.104. The van der Waals surface area contributed by atoms with Gasteiger partial charge in [0.25, 0.3) is 0 Å². The Morgan fingerprint density at radius 2 is 1.62 bits per heavy atom. The van der Waals surface area contributed by atoms with Gasteiger partial charge in [0.2, 0.25) is 0 Å². The predicted molar refractivity (Wildman–Crippen MR) is 101 cm³/mol. The van der Waals surface area contributed by atoms with Crippen LogP contribution in [0.15, 0.2) is 42.5 Å². The Morgan fingerprint density at radius 3 is 2.31 bits per heavy atom. The Kier molecular flexibility index (Phi) is 7.09. The van der Waals surface area contributed by atoms with Crippen LogP contribution in [0.25, 0.3) is 6.08 Å². The van der Waals surface area contributed by atoms with Gasteiger partial charge in [-0.25, -0.2) is 0 Å². The zero-order valence-electron chi connectivity index (χ0n) is 15.3. The number of hydrogen-bond donors (Lipinski definition) is 1. The topological polar surface area (TPSA) is 65.0 Å². The summed E-state index contributed by atoms with van der Waals surface area (Å²) in [6.45, 7) is 7.12. The Labute approximate surface area is 153 Å². The van der Waals surface area contributed by atoms with Crippen molar-refractivity contribution in [3.05, 3.63) is 53.6 Å². The van der Waals surface area contributed by atoms with E-state index in [4.69, 9.17) is 14.2 Å². The van der Waals surface area contributed by atoms with E-state index in [1.807, 2.05) is 39.0 Å². The van der Waals surface area contributed by atoms with E-state index in [1.54, 1.807) is 12.1 Å². The van der Waals surface area contributed by atoms with Crippen LogP contribution >= 0.6 is 0 Å². The van der Waals surface area contributed by atoms with Crippen LogP contribution in [0.5, 0.6) is 23.0 Å². The molecular weight excluding hydrogens is 332 g/mol.